The molecule has 0 radical (unpaired) electrons. The van der Waals surface area contributed by atoms with E-state index in [0.717, 1.165) is 40.8 Å². The van der Waals surface area contributed by atoms with Gasteiger partial charge in [0, 0.05) is 12.7 Å². The Morgan fingerprint density at radius 1 is 0.903 bits per heavy atom. The molecule has 0 bridgehead atoms. The van der Waals surface area contributed by atoms with Crippen LogP contribution in [0.4, 0.5) is 0 Å². The van der Waals surface area contributed by atoms with Crippen LogP contribution in [0.5, 0.6) is 11.5 Å². The second kappa shape index (κ2) is 7.24. The Labute approximate surface area is 181 Å². The zero-order chi connectivity index (χ0) is 21.6. The molecule has 0 amide bonds. The van der Waals surface area contributed by atoms with E-state index in [1.807, 2.05) is 48.5 Å². The lowest BCUT2D eigenvalue weighted by Crippen LogP contribution is -2.22. The van der Waals surface area contributed by atoms with Crippen LogP contribution in [0.15, 0.2) is 71.6 Å². The van der Waals surface area contributed by atoms with Gasteiger partial charge in [0.25, 0.3) is 0 Å². The van der Waals surface area contributed by atoms with Gasteiger partial charge in [-0.15, -0.1) is 0 Å². The Kier molecular flexibility index (Phi) is 4.63. The molecule has 1 heterocycles. The molecule has 0 unspecified atom stereocenters. The van der Waals surface area contributed by atoms with Crippen molar-refractivity contribution in [3.63, 3.8) is 0 Å². The zero-order valence-electron chi connectivity index (χ0n) is 17.1. The van der Waals surface area contributed by atoms with E-state index in [4.69, 9.17) is 9.47 Å². The van der Waals surface area contributed by atoms with Crippen LogP contribution in [-0.4, -0.2) is 27.2 Å². The van der Waals surface area contributed by atoms with E-state index in [-0.39, 0.29) is 17.5 Å². The number of fused-ring (bicyclic) bond motifs is 1. The minimum atomic E-state index is -3.28. The predicted octanol–water partition coefficient (Wildman–Crippen LogP) is 4.33. The minimum Gasteiger partial charge on any atom is -0.454 e. The molecule has 0 atom stereocenters. The Bertz CT molecular complexity index is 1290. The average molecular weight is 435 g/mol. The first kappa shape index (κ1) is 19.8. The number of rotatable bonds is 6. The zero-order valence-corrected chi connectivity index (χ0v) is 17.9. The van der Waals surface area contributed by atoms with Crippen LogP contribution >= 0.6 is 0 Å². The van der Waals surface area contributed by atoms with Gasteiger partial charge in [-0.25, -0.2) is 8.42 Å². The summed E-state index contributed by atoms with van der Waals surface area (Å²) in [4.78, 5) is 13.6. The van der Waals surface area contributed by atoms with Crippen molar-refractivity contribution in [3.05, 3.63) is 77.9 Å². The lowest BCUT2D eigenvalue weighted by Gasteiger charge is -2.16. The van der Waals surface area contributed by atoms with Crippen molar-refractivity contribution in [1.82, 2.24) is 0 Å². The van der Waals surface area contributed by atoms with Crippen LogP contribution in [-0.2, 0) is 26.5 Å². The monoisotopic (exact) mass is 434 g/mol. The molecule has 3 aromatic carbocycles. The molecule has 0 saturated heterocycles. The summed E-state index contributed by atoms with van der Waals surface area (Å²) in [6, 6.07) is 20.4. The largest absolute Gasteiger partial charge is 0.454 e. The Morgan fingerprint density at radius 2 is 1.61 bits per heavy atom. The molecule has 6 heteroatoms. The van der Waals surface area contributed by atoms with E-state index >= 15 is 0 Å². The highest BCUT2D eigenvalue weighted by atomic mass is 32.2. The van der Waals surface area contributed by atoms with Crippen LogP contribution in [0.25, 0.3) is 11.1 Å². The Balaban J connectivity index is 1.40. The smallest absolute Gasteiger partial charge is 0.231 e. The number of hydrogen-bond donors (Lipinski definition) is 0. The normalized spacial score (nSPS) is 16.2. The fraction of sp³-hybridized carbons (Fsp3) is 0.240. The summed E-state index contributed by atoms with van der Waals surface area (Å²) in [6.07, 6.45) is 3.20. The molecule has 158 valence electrons. The van der Waals surface area contributed by atoms with Gasteiger partial charge < -0.3 is 9.47 Å². The number of carbonyl (C=O) groups excluding carboxylic acids is 1. The highest BCUT2D eigenvalue weighted by Crippen LogP contribution is 2.51. The van der Waals surface area contributed by atoms with Crippen LogP contribution in [0, 0.1) is 0 Å². The van der Waals surface area contributed by atoms with Gasteiger partial charge in [-0.2, -0.15) is 0 Å². The Morgan fingerprint density at radius 3 is 2.35 bits per heavy atom. The van der Waals surface area contributed by atoms with Gasteiger partial charge in [0.05, 0.1) is 10.3 Å². The van der Waals surface area contributed by atoms with Gasteiger partial charge >= 0.3 is 0 Å². The Hall–Kier alpha value is -3.12. The molecule has 1 aliphatic carbocycles. The second-order valence-corrected chi connectivity index (χ2v) is 10.3. The number of Topliss-reactive ketones (excluding diaryl/α,β-unsaturated/α-hetero) is 1. The van der Waals surface area contributed by atoms with E-state index in [1.165, 1.54) is 6.26 Å². The van der Waals surface area contributed by atoms with E-state index < -0.39 is 15.3 Å². The lowest BCUT2D eigenvalue weighted by molar-refractivity contribution is -0.120. The van der Waals surface area contributed by atoms with Crippen LogP contribution < -0.4 is 9.47 Å². The van der Waals surface area contributed by atoms with Crippen molar-refractivity contribution in [2.75, 3.05) is 13.0 Å². The number of carbonyl (C=O) groups is 1. The molecule has 3 aromatic rings. The molecular formula is C25H22O5S. The van der Waals surface area contributed by atoms with Gasteiger partial charge in [0.15, 0.2) is 21.3 Å². The van der Waals surface area contributed by atoms with Gasteiger partial charge in [-0.05, 0) is 59.4 Å². The molecule has 5 nitrogen and oxygen atoms in total. The third kappa shape index (κ3) is 3.72. The maximum atomic E-state index is 13.3. The second-order valence-electron chi connectivity index (χ2n) is 8.25. The number of sulfone groups is 1. The summed E-state index contributed by atoms with van der Waals surface area (Å²) in [6.45, 7) is 0.215. The van der Waals surface area contributed by atoms with Crippen molar-refractivity contribution in [3.8, 4) is 22.6 Å². The van der Waals surface area contributed by atoms with Gasteiger partial charge in [-0.3, -0.25) is 4.79 Å². The molecule has 5 rings (SSSR count). The first-order valence-electron chi connectivity index (χ1n) is 10.2. The summed E-state index contributed by atoms with van der Waals surface area (Å²) >= 11 is 0. The SMILES string of the molecule is CS(=O)(=O)c1cccc(-c2cccc(CC(=O)C3(c4ccc5c(c4)OCO5)CC3)c2)c1. The molecule has 1 fully saturated rings. The first-order chi connectivity index (χ1) is 14.8. The van der Waals surface area contributed by atoms with E-state index in [1.54, 1.807) is 18.2 Å². The maximum absolute atomic E-state index is 13.3. The number of hydrogen-bond acceptors (Lipinski definition) is 5. The standard InChI is InChI=1S/C25H22O5S/c1-31(27,28)21-7-3-6-19(14-21)18-5-2-4-17(12-18)13-24(26)25(10-11-25)20-8-9-22-23(15-20)30-16-29-22/h2-9,12,14-15H,10-11,13,16H2,1H3. The molecule has 31 heavy (non-hydrogen) atoms. The van der Waals surface area contributed by atoms with Gasteiger partial charge in [0.1, 0.15) is 5.78 Å². The van der Waals surface area contributed by atoms with Crippen molar-refractivity contribution in [2.24, 2.45) is 0 Å². The summed E-state index contributed by atoms with van der Waals surface area (Å²) < 4.78 is 34.6. The quantitative estimate of drug-likeness (QED) is 0.578. The van der Waals surface area contributed by atoms with Gasteiger partial charge in [0.2, 0.25) is 6.79 Å². The van der Waals surface area contributed by atoms with Crippen molar-refractivity contribution < 1.29 is 22.7 Å². The predicted molar refractivity (Wildman–Crippen MR) is 117 cm³/mol. The summed E-state index contributed by atoms with van der Waals surface area (Å²) in [5.41, 5.74) is 3.16. The lowest BCUT2D eigenvalue weighted by atomic mass is 9.87. The van der Waals surface area contributed by atoms with Crippen molar-refractivity contribution in [2.45, 2.75) is 29.6 Å². The fourth-order valence-electron chi connectivity index (χ4n) is 4.17. The van der Waals surface area contributed by atoms with Gasteiger partial charge in [-0.1, -0.05) is 42.5 Å². The highest BCUT2D eigenvalue weighted by Gasteiger charge is 2.50. The topological polar surface area (TPSA) is 69.7 Å². The molecule has 1 aliphatic heterocycles. The summed E-state index contributed by atoms with van der Waals surface area (Å²) in [5, 5.41) is 0. The molecule has 0 aromatic heterocycles. The van der Waals surface area contributed by atoms with E-state index in [0.29, 0.717) is 12.2 Å². The van der Waals surface area contributed by atoms with Crippen LogP contribution in [0.3, 0.4) is 0 Å². The van der Waals surface area contributed by atoms with Crippen LogP contribution in [0.1, 0.15) is 24.0 Å². The average Bonchev–Trinajstić information content (AvgIpc) is 3.44. The fourth-order valence-corrected chi connectivity index (χ4v) is 4.84. The number of ketones is 1. The van der Waals surface area contributed by atoms with Crippen LogP contribution in [0.2, 0.25) is 0 Å². The number of benzene rings is 3. The number of ether oxygens (including phenoxy) is 2. The first-order valence-corrected chi connectivity index (χ1v) is 12.1. The van der Waals surface area contributed by atoms with Crippen molar-refractivity contribution in [1.29, 1.82) is 0 Å². The molecule has 0 spiro atoms. The molecule has 1 saturated carbocycles. The molecule has 2 aliphatic rings. The maximum Gasteiger partial charge on any atom is 0.231 e. The molecular weight excluding hydrogens is 412 g/mol. The summed E-state index contributed by atoms with van der Waals surface area (Å²) in [5.74, 6) is 1.61. The third-order valence-electron chi connectivity index (χ3n) is 6.10. The summed E-state index contributed by atoms with van der Waals surface area (Å²) in [7, 11) is -3.28. The van der Waals surface area contributed by atoms with E-state index in [9.17, 15) is 13.2 Å². The van der Waals surface area contributed by atoms with E-state index in [2.05, 4.69) is 0 Å². The van der Waals surface area contributed by atoms with Crippen molar-refractivity contribution >= 4 is 15.6 Å². The molecule has 0 N–H and O–H groups in total. The minimum absolute atomic E-state index is 0.188. The highest BCUT2D eigenvalue weighted by molar-refractivity contribution is 7.90. The third-order valence-corrected chi connectivity index (χ3v) is 7.21.